The normalized spacial score (nSPS) is 10.8. The Kier molecular flexibility index (Phi) is 2.83. The van der Waals surface area contributed by atoms with Gasteiger partial charge in [0, 0.05) is 28.8 Å². The van der Waals surface area contributed by atoms with Gasteiger partial charge in [0.1, 0.15) is 11.8 Å². The van der Waals surface area contributed by atoms with Gasteiger partial charge in [-0.1, -0.05) is 0 Å². The van der Waals surface area contributed by atoms with Crippen LogP contribution in [0, 0.1) is 0 Å². The quantitative estimate of drug-likeness (QED) is 0.734. The number of aryl methyl sites for hydroxylation is 1. The maximum absolute atomic E-state index is 5.94. The summed E-state index contributed by atoms with van der Waals surface area (Å²) in [6, 6.07) is 5.71. The summed E-state index contributed by atoms with van der Waals surface area (Å²) in [7, 11) is 1.77. The van der Waals surface area contributed by atoms with E-state index in [9.17, 15) is 0 Å². The average Bonchev–Trinajstić information content (AvgIpc) is 2.79. The first-order valence-corrected chi connectivity index (χ1v) is 6.30. The monoisotopic (exact) mass is 319 g/mol. The molecule has 0 amide bonds. The van der Waals surface area contributed by atoms with Crippen molar-refractivity contribution in [1.29, 1.82) is 0 Å². The lowest BCUT2D eigenvalue weighted by atomic mass is 10.2. The second-order valence-electron chi connectivity index (χ2n) is 4.01. The van der Waals surface area contributed by atoms with Crippen LogP contribution in [0.5, 0.6) is 11.8 Å². The molecule has 0 radical (unpaired) electrons. The zero-order chi connectivity index (χ0) is 13.4. The standard InChI is InChI=1S/C12H10BrN5O/c1-18-6-16-12(17-18)19-10-3-2-9(14)8-4-7(13)5-15-11(8)10/h2-6H,14H2,1H3. The molecule has 3 rings (SSSR count). The number of ether oxygens (including phenoxy) is 1. The zero-order valence-corrected chi connectivity index (χ0v) is 11.6. The molecule has 7 heteroatoms. The van der Waals surface area contributed by atoms with Crippen LogP contribution in [0.1, 0.15) is 0 Å². The highest BCUT2D eigenvalue weighted by Crippen LogP contribution is 2.32. The lowest BCUT2D eigenvalue weighted by molar-refractivity contribution is 0.443. The Hall–Kier alpha value is -2.15. The second-order valence-corrected chi connectivity index (χ2v) is 4.92. The topological polar surface area (TPSA) is 78.9 Å². The van der Waals surface area contributed by atoms with Crippen LogP contribution in [0.25, 0.3) is 10.9 Å². The summed E-state index contributed by atoms with van der Waals surface area (Å²) in [5, 5.41) is 4.89. The first-order valence-electron chi connectivity index (χ1n) is 5.51. The number of anilines is 1. The number of hydrogen-bond acceptors (Lipinski definition) is 5. The van der Waals surface area contributed by atoms with Crippen molar-refractivity contribution >= 4 is 32.5 Å². The molecule has 3 aromatic rings. The fraction of sp³-hybridized carbons (Fsp3) is 0.0833. The fourth-order valence-corrected chi connectivity index (χ4v) is 2.07. The summed E-state index contributed by atoms with van der Waals surface area (Å²) in [6.45, 7) is 0. The summed E-state index contributed by atoms with van der Waals surface area (Å²) in [6.07, 6.45) is 3.26. The maximum atomic E-state index is 5.94. The van der Waals surface area contributed by atoms with Gasteiger partial charge in [-0.05, 0) is 34.1 Å². The first kappa shape index (κ1) is 11.9. The van der Waals surface area contributed by atoms with E-state index >= 15 is 0 Å². The van der Waals surface area contributed by atoms with E-state index in [1.807, 2.05) is 6.07 Å². The molecule has 6 nitrogen and oxygen atoms in total. The predicted molar refractivity (Wildman–Crippen MR) is 74.9 cm³/mol. The molecule has 0 aliphatic rings. The predicted octanol–water partition coefficient (Wildman–Crippen LogP) is 2.50. The molecule has 0 aliphatic carbocycles. The minimum absolute atomic E-state index is 0.276. The van der Waals surface area contributed by atoms with Gasteiger partial charge in [0.15, 0.2) is 5.75 Å². The highest BCUT2D eigenvalue weighted by atomic mass is 79.9. The lowest BCUT2D eigenvalue weighted by Crippen LogP contribution is -1.94. The number of fused-ring (bicyclic) bond motifs is 1. The molecular weight excluding hydrogens is 310 g/mol. The van der Waals surface area contributed by atoms with E-state index in [0.717, 1.165) is 9.86 Å². The van der Waals surface area contributed by atoms with Crippen molar-refractivity contribution in [1.82, 2.24) is 19.7 Å². The van der Waals surface area contributed by atoms with E-state index in [-0.39, 0.29) is 6.01 Å². The molecule has 0 unspecified atom stereocenters. The second kappa shape index (κ2) is 4.51. The zero-order valence-electron chi connectivity index (χ0n) is 10.0. The maximum Gasteiger partial charge on any atom is 0.341 e. The van der Waals surface area contributed by atoms with Gasteiger partial charge in [0.05, 0.1) is 0 Å². The smallest absolute Gasteiger partial charge is 0.341 e. The van der Waals surface area contributed by atoms with E-state index in [1.54, 1.807) is 36.4 Å². The number of aromatic nitrogens is 4. The van der Waals surface area contributed by atoms with Crippen molar-refractivity contribution in [2.75, 3.05) is 5.73 Å². The SMILES string of the molecule is Cn1cnc(Oc2ccc(N)c3cc(Br)cnc23)n1. The molecule has 0 aliphatic heterocycles. The van der Waals surface area contributed by atoms with Crippen LogP contribution >= 0.6 is 15.9 Å². The summed E-state index contributed by atoms with van der Waals surface area (Å²) in [5.41, 5.74) is 7.26. The third-order valence-electron chi connectivity index (χ3n) is 2.59. The van der Waals surface area contributed by atoms with Gasteiger partial charge in [0.25, 0.3) is 0 Å². The van der Waals surface area contributed by atoms with Crippen molar-refractivity contribution in [3.8, 4) is 11.8 Å². The summed E-state index contributed by atoms with van der Waals surface area (Å²) >= 11 is 3.37. The molecule has 19 heavy (non-hydrogen) atoms. The van der Waals surface area contributed by atoms with E-state index < -0.39 is 0 Å². The van der Waals surface area contributed by atoms with Crippen LogP contribution in [0.2, 0.25) is 0 Å². The van der Waals surface area contributed by atoms with Crippen molar-refractivity contribution in [2.24, 2.45) is 7.05 Å². The number of halogens is 1. The number of hydrogen-bond donors (Lipinski definition) is 1. The Morgan fingerprint density at radius 3 is 2.89 bits per heavy atom. The summed E-state index contributed by atoms with van der Waals surface area (Å²) in [4.78, 5) is 8.35. The molecule has 1 aromatic carbocycles. The van der Waals surface area contributed by atoms with Gasteiger partial charge in [-0.25, -0.2) is 0 Å². The number of nitrogen functional groups attached to an aromatic ring is 1. The Labute approximate surface area is 117 Å². The fourth-order valence-electron chi connectivity index (χ4n) is 1.74. The van der Waals surface area contributed by atoms with Crippen LogP contribution < -0.4 is 10.5 Å². The number of pyridine rings is 1. The van der Waals surface area contributed by atoms with Crippen molar-refractivity contribution in [3.05, 3.63) is 35.2 Å². The molecule has 2 heterocycles. The van der Waals surface area contributed by atoms with Gasteiger partial charge in [-0.2, -0.15) is 4.98 Å². The van der Waals surface area contributed by atoms with Crippen LogP contribution in [-0.2, 0) is 7.05 Å². The van der Waals surface area contributed by atoms with E-state index in [1.165, 1.54) is 0 Å². The third-order valence-corrected chi connectivity index (χ3v) is 3.03. The van der Waals surface area contributed by atoms with E-state index in [4.69, 9.17) is 10.5 Å². The van der Waals surface area contributed by atoms with Gasteiger partial charge in [-0.15, -0.1) is 5.10 Å². The van der Waals surface area contributed by atoms with Crippen molar-refractivity contribution < 1.29 is 4.74 Å². The Morgan fingerprint density at radius 1 is 1.32 bits per heavy atom. The average molecular weight is 320 g/mol. The molecule has 0 saturated heterocycles. The highest BCUT2D eigenvalue weighted by Gasteiger charge is 2.10. The van der Waals surface area contributed by atoms with Crippen LogP contribution in [0.15, 0.2) is 35.2 Å². The van der Waals surface area contributed by atoms with Crippen LogP contribution in [-0.4, -0.2) is 19.7 Å². The minimum Gasteiger partial charge on any atom is -0.421 e. The molecule has 0 saturated carbocycles. The van der Waals surface area contributed by atoms with E-state index in [2.05, 4.69) is 31.0 Å². The highest BCUT2D eigenvalue weighted by molar-refractivity contribution is 9.10. The molecule has 0 spiro atoms. The number of nitrogens with two attached hydrogens (primary N) is 1. The summed E-state index contributed by atoms with van der Waals surface area (Å²) in [5.74, 6) is 0.572. The molecule has 2 aromatic heterocycles. The Bertz CT molecular complexity index is 755. The Balaban J connectivity index is 2.11. The number of benzene rings is 1. The number of rotatable bonds is 2. The van der Waals surface area contributed by atoms with Crippen LogP contribution in [0.4, 0.5) is 5.69 Å². The molecule has 0 fully saturated rings. The van der Waals surface area contributed by atoms with E-state index in [0.29, 0.717) is 17.0 Å². The van der Waals surface area contributed by atoms with Gasteiger partial charge in [-0.3, -0.25) is 9.67 Å². The largest absolute Gasteiger partial charge is 0.421 e. The molecule has 0 bridgehead atoms. The molecule has 2 N–H and O–H groups in total. The van der Waals surface area contributed by atoms with Gasteiger partial charge < -0.3 is 10.5 Å². The molecule has 0 atom stereocenters. The molecule has 96 valence electrons. The van der Waals surface area contributed by atoms with Gasteiger partial charge >= 0.3 is 6.01 Å². The first-order chi connectivity index (χ1) is 9.13. The number of nitrogens with zero attached hydrogens (tertiary/aromatic N) is 4. The third kappa shape index (κ3) is 2.24. The Morgan fingerprint density at radius 2 is 2.16 bits per heavy atom. The lowest BCUT2D eigenvalue weighted by Gasteiger charge is -2.07. The summed E-state index contributed by atoms with van der Waals surface area (Å²) < 4.78 is 8.06. The van der Waals surface area contributed by atoms with Crippen molar-refractivity contribution in [3.63, 3.8) is 0 Å². The minimum atomic E-state index is 0.276. The van der Waals surface area contributed by atoms with Crippen molar-refractivity contribution in [2.45, 2.75) is 0 Å². The van der Waals surface area contributed by atoms with Crippen LogP contribution in [0.3, 0.4) is 0 Å². The van der Waals surface area contributed by atoms with Gasteiger partial charge in [0.2, 0.25) is 0 Å². The molecular formula is C12H10BrN5O.